The number of hydrogen-bond donors (Lipinski definition) is 2. The van der Waals surface area contributed by atoms with Gasteiger partial charge in [-0.1, -0.05) is 12.1 Å². The third kappa shape index (κ3) is 3.10. The van der Waals surface area contributed by atoms with Crippen LogP contribution in [0.4, 0.5) is 5.69 Å². The number of likely N-dealkylation sites (tertiary alicyclic amines) is 1. The molecule has 1 unspecified atom stereocenters. The molecule has 1 aromatic rings. The second-order valence-electron chi connectivity index (χ2n) is 5.74. The molecule has 0 spiro atoms. The van der Waals surface area contributed by atoms with Gasteiger partial charge in [0.1, 0.15) is 0 Å². The number of nitrogens with zero attached hydrogens (tertiary/aromatic N) is 1. The van der Waals surface area contributed by atoms with Crippen molar-refractivity contribution in [1.29, 1.82) is 0 Å². The van der Waals surface area contributed by atoms with Gasteiger partial charge in [-0.3, -0.25) is 9.59 Å². The highest BCUT2D eigenvalue weighted by Crippen LogP contribution is 2.29. The van der Waals surface area contributed by atoms with Crippen LogP contribution < -0.4 is 11.5 Å². The highest BCUT2D eigenvalue weighted by atomic mass is 16.2. The van der Waals surface area contributed by atoms with Gasteiger partial charge in [-0.25, -0.2) is 0 Å². The molecule has 2 rings (SSSR count). The Morgan fingerprint density at radius 2 is 2.15 bits per heavy atom. The van der Waals surface area contributed by atoms with Crippen LogP contribution in [0.2, 0.25) is 0 Å². The van der Waals surface area contributed by atoms with E-state index in [2.05, 4.69) is 0 Å². The van der Waals surface area contributed by atoms with Crippen molar-refractivity contribution in [1.82, 2.24) is 4.90 Å². The minimum absolute atomic E-state index is 0.0670. The van der Waals surface area contributed by atoms with E-state index >= 15 is 0 Å². The van der Waals surface area contributed by atoms with Crippen LogP contribution in [0.25, 0.3) is 0 Å². The second kappa shape index (κ2) is 5.53. The van der Waals surface area contributed by atoms with Gasteiger partial charge < -0.3 is 16.4 Å². The Bertz CT molecular complexity index is 530. The third-order valence-corrected chi connectivity index (χ3v) is 4.00. The zero-order valence-corrected chi connectivity index (χ0v) is 11.8. The number of anilines is 1. The summed E-state index contributed by atoms with van der Waals surface area (Å²) in [5, 5.41) is 0. The summed E-state index contributed by atoms with van der Waals surface area (Å²) in [6.07, 6.45) is 1.73. The third-order valence-electron chi connectivity index (χ3n) is 4.00. The molecular weight excluding hydrogens is 254 g/mol. The Balaban J connectivity index is 1.89. The van der Waals surface area contributed by atoms with Crippen LogP contribution in [0.1, 0.15) is 25.3 Å². The van der Waals surface area contributed by atoms with E-state index in [1.165, 1.54) is 0 Å². The number of carbonyl (C=O) groups excluding carboxylic acids is 2. The summed E-state index contributed by atoms with van der Waals surface area (Å²) in [5.74, 6) is -0.263. The minimum atomic E-state index is -0.577. The quantitative estimate of drug-likeness (QED) is 0.801. The zero-order chi connectivity index (χ0) is 14.8. The van der Waals surface area contributed by atoms with Crippen molar-refractivity contribution in [3.8, 4) is 0 Å². The molecule has 0 aromatic heterocycles. The molecule has 1 aliphatic heterocycles. The highest BCUT2D eigenvalue weighted by Gasteiger charge is 2.40. The van der Waals surface area contributed by atoms with Gasteiger partial charge >= 0.3 is 0 Å². The number of amides is 2. The van der Waals surface area contributed by atoms with Gasteiger partial charge in [0.2, 0.25) is 11.8 Å². The smallest absolute Gasteiger partial charge is 0.225 e. The minimum Gasteiger partial charge on any atom is -0.399 e. The van der Waals surface area contributed by atoms with Crippen LogP contribution in [-0.4, -0.2) is 29.8 Å². The first-order chi connectivity index (χ1) is 9.40. The van der Waals surface area contributed by atoms with Crippen LogP contribution in [0.15, 0.2) is 24.3 Å². The maximum atomic E-state index is 12.2. The topological polar surface area (TPSA) is 89.4 Å². The van der Waals surface area contributed by atoms with Gasteiger partial charge in [-0.05, 0) is 37.5 Å². The zero-order valence-electron chi connectivity index (χ0n) is 11.8. The largest absolute Gasteiger partial charge is 0.399 e. The van der Waals surface area contributed by atoms with Gasteiger partial charge in [0, 0.05) is 25.2 Å². The van der Waals surface area contributed by atoms with E-state index in [-0.39, 0.29) is 11.8 Å². The van der Waals surface area contributed by atoms with Crippen LogP contribution in [-0.2, 0) is 16.0 Å². The van der Waals surface area contributed by atoms with E-state index < -0.39 is 5.41 Å². The Morgan fingerprint density at radius 1 is 1.40 bits per heavy atom. The lowest BCUT2D eigenvalue weighted by atomic mass is 9.89. The highest BCUT2D eigenvalue weighted by molar-refractivity contribution is 5.83. The summed E-state index contributed by atoms with van der Waals surface area (Å²) < 4.78 is 0. The van der Waals surface area contributed by atoms with Crippen molar-refractivity contribution < 1.29 is 9.59 Å². The number of hydrogen-bond acceptors (Lipinski definition) is 3. The van der Waals surface area contributed by atoms with Crippen molar-refractivity contribution in [2.75, 3.05) is 18.8 Å². The first kappa shape index (κ1) is 14.4. The first-order valence-corrected chi connectivity index (χ1v) is 6.83. The van der Waals surface area contributed by atoms with Crippen LogP contribution in [0.5, 0.6) is 0 Å². The van der Waals surface area contributed by atoms with Crippen molar-refractivity contribution in [2.45, 2.75) is 26.2 Å². The molecule has 0 saturated carbocycles. The van der Waals surface area contributed by atoms with E-state index in [4.69, 9.17) is 11.5 Å². The number of aryl methyl sites for hydroxylation is 1. The molecule has 5 heteroatoms. The molecule has 1 fully saturated rings. The molecule has 0 aliphatic carbocycles. The lowest BCUT2D eigenvalue weighted by molar-refractivity contribution is -0.131. The van der Waals surface area contributed by atoms with Crippen molar-refractivity contribution >= 4 is 17.5 Å². The first-order valence-electron chi connectivity index (χ1n) is 6.83. The van der Waals surface area contributed by atoms with E-state index in [0.29, 0.717) is 38.0 Å². The van der Waals surface area contributed by atoms with Gasteiger partial charge in [0.25, 0.3) is 0 Å². The van der Waals surface area contributed by atoms with Crippen molar-refractivity contribution in [3.63, 3.8) is 0 Å². The number of nitrogen functional groups attached to an aromatic ring is 1. The molecule has 20 heavy (non-hydrogen) atoms. The Morgan fingerprint density at radius 3 is 2.75 bits per heavy atom. The molecule has 1 heterocycles. The summed E-state index contributed by atoms with van der Waals surface area (Å²) in [6, 6.07) is 7.55. The predicted molar refractivity (Wildman–Crippen MR) is 77.7 cm³/mol. The van der Waals surface area contributed by atoms with Gasteiger partial charge in [-0.2, -0.15) is 0 Å². The molecule has 1 atom stereocenters. The standard InChI is InChI=1S/C15H21N3O2/c1-15(14(17)20)7-8-18(10-15)13(19)6-5-11-3-2-4-12(16)9-11/h2-4,9H,5-8,10,16H2,1H3,(H2,17,20). The molecule has 0 bridgehead atoms. The number of nitrogens with two attached hydrogens (primary N) is 2. The van der Waals surface area contributed by atoms with Gasteiger partial charge in [-0.15, -0.1) is 0 Å². The molecule has 2 amide bonds. The average Bonchev–Trinajstić information content (AvgIpc) is 2.80. The van der Waals surface area contributed by atoms with Gasteiger partial charge in [0.05, 0.1) is 5.41 Å². The SMILES string of the molecule is CC1(C(N)=O)CCN(C(=O)CCc2cccc(N)c2)C1. The molecule has 5 nitrogen and oxygen atoms in total. The fourth-order valence-electron chi connectivity index (χ4n) is 2.53. The van der Waals surface area contributed by atoms with Crippen molar-refractivity contribution in [2.24, 2.45) is 11.1 Å². The second-order valence-corrected chi connectivity index (χ2v) is 5.74. The average molecular weight is 275 g/mol. The number of carbonyl (C=O) groups is 2. The molecule has 1 saturated heterocycles. The maximum Gasteiger partial charge on any atom is 0.225 e. The fourth-order valence-corrected chi connectivity index (χ4v) is 2.53. The molecule has 1 aromatic carbocycles. The number of rotatable bonds is 4. The van der Waals surface area contributed by atoms with Crippen LogP contribution in [0, 0.1) is 5.41 Å². The van der Waals surface area contributed by atoms with Crippen LogP contribution >= 0.6 is 0 Å². The molecule has 1 aliphatic rings. The Hall–Kier alpha value is -2.04. The monoisotopic (exact) mass is 275 g/mol. The maximum absolute atomic E-state index is 12.2. The van der Waals surface area contributed by atoms with E-state index in [1.807, 2.05) is 31.2 Å². The number of primary amides is 1. The van der Waals surface area contributed by atoms with Crippen LogP contribution in [0.3, 0.4) is 0 Å². The normalized spacial score (nSPS) is 21.9. The van der Waals surface area contributed by atoms with E-state index in [1.54, 1.807) is 4.90 Å². The molecule has 108 valence electrons. The predicted octanol–water partition coefficient (Wildman–Crippen LogP) is 0.925. The molecule has 0 radical (unpaired) electrons. The summed E-state index contributed by atoms with van der Waals surface area (Å²) in [6.45, 7) is 2.85. The summed E-state index contributed by atoms with van der Waals surface area (Å²) in [5.41, 5.74) is 12.3. The van der Waals surface area contributed by atoms with E-state index in [9.17, 15) is 9.59 Å². The van der Waals surface area contributed by atoms with Crippen molar-refractivity contribution in [3.05, 3.63) is 29.8 Å². The molecule has 4 N–H and O–H groups in total. The summed E-state index contributed by atoms with van der Waals surface area (Å²) >= 11 is 0. The Labute approximate surface area is 118 Å². The van der Waals surface area contributed by atoms with Gasteiger partial charge in [0.15, 0.2) is 0 Å². The summed E-state index contributed by atoms with van der Waals surface area (Å²) in [7, 11) is 0. The summed E-state index contributed by atoms with van der Waals surface area (Å²) in [4.78, 5) is 25.3. The Kier molecular flexibility index (Phi) is 3.97. The lowest BCUT2D eigenvalue weighted by Gasteiger charge is -2.21. The fraction of sp³-hybridized carbons (Fsp3) is 0.467. The lowest BCUT2D eigenvalue weighted by Crippen LogP contribution is -2.38. The molecular formula is C15H21N3O2. The van der Waals surface area contributed by atoms with E-state index in [0.717, 1.165) is 5.56 Å². The number of benzene rings is 1.